The van der Waals surface area contributed by atoms with Crippen molar-refractivity contribution >= 4 is 10.8 Å². The lowest BCUT2D eigenvalue weighted by Crippen LogP contribution is -1.81. The number of phenolic OH excluding ortho intramolecular Hbond substituents is 1. The highest BCUT2D eigenvalue weighted by molar-refractivity contribution is 5.88. The fourth-order valence-electron chi connectivity index (χ4n) is 1.60. The number of fused-ring (bicyclic) bond motifs is 1. The van der Waals surface area contributed by atoms with Crippen molar-refractivity contribution < 1.29 is 5.11 Å². The van der Waals surface area contributed by atoms with E-state index in [1.807, 2.05) is 30.3 Å². The van der Waals surface area contributed by atoms with Gasteiger partial charge in [-0.05, 0) is 29.5 Å². The van der Waals surface area contributed by atoms with Crippen molar-refractivity contribution in [3.8, 4) is 5.75 Å². The van der Waals surface area contributed by atoms with E-state index in [2.05, 4.69) is 12.6 Å². The lowest BCUT2D eigenvalue weighted by atomic mass is 10.0. The van der Waals surface area contributed by atoms with E-state index < -0.39 is 0 Å². The van der Waals surface area contributed by atoms with Crippen LogP contribution >= 0.6 is 0 Å². The van der Waals surface area contributed by atoms with Crippen LogP contribution in [0.15, 0.2) is 49.1 Å². The third-order valence-electron chi connectivity index (χ3n) is 2.30. The average Bonchev–Trinajstić information content (AvgIpc) is 2.20. The maximum Gasteiger partial charge on any atom is 0.123 e. The van der Waals surface area contributed by atoms with Crippen LogP contribution in [0.25, 0.3) is 10.8 Å². The molecule has 0 spiro atoms. The minimum absolute atomic E-state index is 0.341. The van der Waals surface area contributed by atoms with Gasteiger partial charge in [-0.3, -0.25) is 0 Å². The molecule has 0 atom stereocenters. The van der Waals surface area contributed by atoms with Gasteiger partial charge < -0.3 is 5.11 Å². The predicted molar refractivity (Wildman–Crippen MR) is 59.5 cm³/mol. The standard InChI is InChI=1S/C13H12O/c1-2-4-10-7-8-11-5-3-6-13(14)12(11)9-10/h2-3,5-9,14H,1,4H2. The van der Waals surface area contributed by atoms with Gasteiger partial charge in [0, 0.05) is 5.39 Å². The Morgan fingerprint density at radius 3 is 2.86 bits per heavy atom. The summed E-state index contributed by atoms with van der Waals surface area (Å²) in [5.74, 6) is 0.341. The van der Waals surface area contributed by atoms with Crippen LogP contribution in [-0.2, 0) is 6.42 Å². The molecule has 1 heteroatoms. The monoisotopic (exact) mass is 184 g/mol. The summed E-state index contributed by atoms with van der Waals surface area (Å²) in [7, 11) is 0. The smallest absolute Gasteiger partial charge is 0.123 e. The lowest BCUT2D eigenvalue weighted by Gasteiger charge is -2.02. The maximum absolute atomic E-state index is 9.64. The van der Waals surface area contributed by atoms with E-state index in [4.69, 9.17) is 0 Å². The minimum Gasteiger partial charge on any atom is -0.507 e. The highest BCUT2D eigenvalue weighted by atomic mass is 16.3. The summed E-state index contributed by atoms with van der Waals surface area (Å²) in [6.07, 6.45) is 2.70. The number of hydrogen-bond acceptors (Lipinski definition) is 1. The highest BCUT2D eigenvalue weighted by Gasteiger charge is 1.99. The first-order valence-corrected chi connectivity index (χ1v) is 4.63. The van der Waals surface area contributed by atoms with Gasteiger partial charge in [-0.25, -0.2) is 0 Å². The molecule has 0 radical (unpaired) electrons. The number of allylic oxidation sites excluding steroid dienone is 1. The Morgan fingerprint density at radius 1 is 1.21 bits per heavy atom. The van der Waals surface area contributed by atoms with Gasteiger partial charge in [0.25, 0.3) is 0 Å². The van der Waals surface area contributed by atoms with Gasteiger partial charge in [-0.1, -0.05) is 30.3 Å². The SMILES string of the molecule is C=CCc1ccc2cccc(O)c2c1. The molecule has 1 N–H and O–H groups in total. The second-order valence-corrected chi connectivity index (χ2v) is 3.33. The maximum atomic E-state index is 9.64. The summed E-state index contributed by atoms with van der Waals surface area (Å²) in [6, 6.07) is 11.6. The minimum atomic E-state index is 0.341. The zero-order chi connectivity index (χ0) is 9.97. The molecule has 0 heterocycles. The van der Waals surface area contributed by atoms with Crippen LogP contribution in [0.5, 0.6) is 5.75 Å². The molecule has 14 heavy (non-hydrogen) atoms. The van der Waals surface area contributed by atoms with Crippen LogP contribution in [-0.4, -0.2) is 5.11 Å². The Bertz CT molecular complexity index is 472. The molecular weight excluding hydrogens is 172 g/mol. The number of aromatic hydroxyl groups is 1. The summed E-state index contributed by atoms with van der Waals surface area (Å²) in [5, 5.41) is 11.6. The Morgan fingerprint density at radius 2 is 2.07 bits per heavy atom. The van der Waals surface area contributed by atoms with Crippen molar-refractivity contribution in [1.82, 2.24) is 0 Å². The summed E-state index contributed by atoms with van der Waals surface area (Å²) in [6.45, 7) is 3.70. The molecule has 0 aliphatic heterocycles. The lowest BCUT2D eigenvalue weighted by molar-refractivity contribution is 0.481. The molecule has 0 saturated carbocycles. The van der Waals surface area contributed by atoms with Gasteiger partial charge in [-0.2, -0.15) is 0 Å². The van der Waals surface area contributed by atoms with Crippen LogP contribution in [0, 0.1) is 0 Å². The predicted octanol–water partition coefficient (Wildman–Crippen LogP) is 3.27. The fourth-order valence-corrected chi connectivity index (χ4v) is 1.60. The zero-order valence-electron chi connectivity index (χ0n) is 7.90. The van der Waals surface area contributed by atoms with Crippen LogP contribution in [0.3, 0.4) is 0 Å². The molecule has 2 aromatic carbocycles. The van der Waals surface area contributed by atoms with Crippen LogP contribution in [0.1, 0.15) is 5.56 Å². The number of benzene rings is 2. The Kier molecular flexibility index (Phi) is 2.23. The molecular formula is C13H12O. The number of phenols is 1. The Hall–Kier alpha value is -1.76. The number of hydrogen-bond donors (Lipinski definition) is 1. The fraction of sp³-hybridized carbons (Fsp3) is 0.0769. The molecule has 0 aliphatic carbocycles. The summed E-state index contributed by atoms with van der Waals surface area (Å²) >= 11 is 0. The third kappa shape index (κ3) is 1.49. The van der Waals surface area contributed by atoms with Gasteiger partial charge in [-0.15, -0.1) is 6.58 Å². The van der Waals surface area contributed by atoms with Gasteiger partial charge in [0.15, 0.2) is 0 Å². The molecule has 0 saturated heterocycles. The second-order valence-electron chi connectivity index (χ2n) is 3.33. The molecule has 1 nitrogen and oxygen atoms in total. The van der Waals surface area contributed by atoms with E-state index in [-0.39, 0.29) is 0 Å². The molecule has 0 aromatic heterocycles. The average molecular weight is 184 g/mol. The summed E-state index contributed by atoms with van der Waals surface area (Å²) in [5.41, 5.74) is 1.18. The van der Waals surface area contributed by atoms with Crippen molar-refractivity contribution in [3.63, 3.8) is 0 Å². The van der Waals surface area contributed by atoms with Crippen molar-refractivity contribution in [2.45, 2.75) is 6.42 Å². The van der Waals surface area contributed by atoms with Gasteiger partial charge in [0.2, 0.25) is 0 Å². The first-order chi connectivity index (χ1) is 6.81. The Balaban J connectivity index is 2.63. The molecule has 0 fully saturated rings. The molecule has 0 aliphatic rings. The molecule has 70 valence electrons. The van der Waals surface area contributed by atoms with E-state index in [0.717, 1.165) is 17.2 Å². The van der Waals surface area contributed by atoms with E-state index in [9.17, 15) is 5.11 Å². The zero-order valence-corrected chi connectivity index (χ0v) is 7.90. The topological polar surface area (TPSA) is 20.2 Å². The quantitative estimate of drug-likeness (QED) is 0.710. The van der Waals surface area contributed by atoms with E-state index in [0.29, 0.717) is 5.75 Å². The van der Waals surface area contributed by atoms with Crippen molar-refractivity contribution in [1.29, 1.82) is 0 Å². The van der Waals surface area contributed by atoms with E-state index in [1.54, 1.807) is 6.07 Å². The number of rotatable bonds is 2. The van der Waals surface area contributed by atoms with Crippen LogP contribution in [0.2, 0.25) is 0 Å². The third-order valence-corrected chi connectivity index (χ3v) is 2.30. The van der Waals surface area contributed by atoms with Gasteiger partial charge in [0.05, 0.1) is 0 Å². The summed E-state index contributed by atoms with van der Waals surface area (Å²) < 4.78 is 0. The molecule has 2 aromatic rings. The van der Waals surface area contributed by atoms with Crippen LogP contribution < -0.4 is 0 Å². The Labute approximate surface area is 83.3 Å². The normalized spacial score (nSPS) is 10.3. The van der Waals surface area contributed by atoms with Crippen LogP contribution in [0.4, 0.5) is 0 Å². The largest absolute Gasteiger partial charge is 0.507 e. The van der Waals surface area contributed by atoms with Gasteiger partial charge >= 0.3 is 0 Å². The molecule has 0 unspecified atom stereocenters. The summed E-state index contributed by atoms with van der Waals surface area (Å²) in [4.78, 5) is 0. The molecule has 0 amide bonds. The van der Waals surface area contributed by atoms with Gasteiger partial charge in [0.1, 0.15) is 5.75 Å². The van der Waals surface area contributed by atoms with Crippen molar-refractivity contribution in [2.24, 2.45) is 0 Å². The second kappa shape index (κ2) is 3.54. The van der Waals surface area contributed by atoms with E-state index >= 15 is 0 Å². The first kappa shape index (κ1) is 8.82. The molecule has 0 bridgehead atoms. The van der Waals surface area contributed by atoms with E-state index in [1.165, 1.54) is 5.56 Å². The highest BCUT2D eigenvalue weighted by Crippen LogP contribution is 2.25. The van der Waals surface area contributed by atoms with Crippen molar-refractivity contribution in [3.05, 3.63) is 54.6 Å². The van der Waals surface area contributed by atoms with Crippen molar-refractivity contribution in [2.75, 3.05) is 0 Å². The molecule has 2 rings (SSSR count). The first-order valence-electron chi connectivity index (χ1n) is 4.63.